The predicted octanol–water partition coefficient (Wildman–Crippen LogP) is 2.31. The molecule has 1 aromatic rings. The zero-order valence-electron chi connectivity index (χ0n) is 7.20. The van der Waals surface area contributed by atoms with Crippen LogP contribution in [0, 0.1) is 24.6 Å². The highest BCUT2D eigenvalue weighted by atomic mass is 35.5. The Morgan fingerprint density at radius 1 is 1.54 bits per heavy atom. The average molecular weight is 198 g/mol. The molecule has 0 saturated heterocycles. The van der Waals surface area contributed by atoms with Gasteiger partial charge in [0, 0.05) is 11.3 Å². The number of hydrogen-bond acceptors (Lipinski definition) is 1. The van der Waals surface area contributed by atoms with Crippen molar-refractivity contribution in [2.45, 2.75) is 6.92 Å². The molecule has 0 saturated carbocycles. The van der Waals surface area contributed by atoms with Gasteiger partial charge < -0.3 is 5.73 Å². The van der Waals surface area contributed by atoms with Gasteiger partial charge in [-0.3, -0.25) is 0 Å². The van der Waals surface area contributed by atoms with E-state index in [1.807, 2.05) is 0 Å². The van der Waals surface area contributed by atoms with Gasteiger partial charge in [0.25, 0.3) is 0 Å². The molecule has 13 heavy (non-hydrogen) atoms. The van der Waals surface area contributed by atoms with Crippen LogP contribution in [0.1, 0.15) is 11.1 Å². The Bertz CT molecular complexity index is 376. The molecule has 0 heterocycles. The summed E-state index contributed by atoms with van der Waals surface area (Å²) in [5.41, 5.74) is 7.35. The summed E-state index contributed by atoms with van der Waals surface area (Å²) in [6.45, 7) is 1.80. The van der Waals surface area contributed by atoms with Crippen LogP contribution in [0.15, 0.2) is 12.1 Å². The fraction of sp³-hybridized carbons (Fsp3) is 0.200. The summed E-state index contributed by atoms with van der Waals surface area (Å²) in [7, 11) is 0. The second-order valence-corrected chi connectivity index (χ2v) is 2.87. The quantitative estimate of drug-likeness (QED) is 0.386. The summed E-state index contributed by atoms with van der Waals surface area (Å²) >= 11 is 5.38. The lowest BCUT2D eigenvalue weighted by atomic mass is 10.1. The number of alkyl halides is 1. The van der Waals surface area contributed by atoms with E-state index < -0.39 is 0 Å². The van der Waals surface area contributed by atoms with Gasteiger partial charge in [0.15, 0.2) is 0 Å². The van der Waals surface area contributed by atoms with Gasteiger partial charge in [-0.15, -0.1) is 11.6 Å². The van der Waals surface area contributed by atoms with Crippen LogP contribution >= 0.6 is 11.6 Å². The van der Waals surface area contributed by atoms with Crippen molar-refractivity contribution in [1.29, 1.82) is 0 Å². The topological polar surface area (TPSA) is 26.0 Å². The second kappa shape index (κ2) is 4.15. The summed E-state index contributed by atoms with van der Waals surface area (Å²) in [5.74, 6) is 5.25. The SMILES string of the molecule is Cc1c(N)cc(F)cc1C#CCCl. The monoisotopic (exact) mass is 197 g/mol. The van der Waals surface area contributed by atoms with Crippen LogP contribution < -0.4 is 5.73 Å². The second-order valence-electron chi connectivity index (χ2n) is 2.60. The first kappa shape index (κ1) is 9.88. The minimum absolute atomic E-state index is 0.232. The Kier molecular flexibility index (Phi) is 3.16. The molecule has 1 aromatic carbocycles. The minimum atomic E-state index is -0.373. The zero-order valence-corrected chi connectivity index (χ0v) is 7.95. The lowest BCUT2D eigenvalue weighted by Crippen LogP contribution is -1.94. The smallest absolute Gasteiger partial charge is 0.126 e. The minimum Gasteiger partial charge on any atom is -0.398 e. The first-order chi connectivity index (χ1) is 6.15. The molecule has 1 rings (SSSR count). The van der Waals surface area contributed by atoms with Crippen LogP contribution in [0.4, 0.5) is 10.1 Å². The fourth-order valence-electron chi connectivity index (χ4n) is 0.959. The molecule has 2 N–H and O–H groups in total. The summed E-state index contributed by atoms with van der Waals surface area (Å²) < 4.78 is 12.9. The van der Waals surface area contributed by atoms with E-state index >= 15 is 0 Å². The molecule has 0 spiro atoms. The van der Waals surface area contributed by atoms with Crippen LogP contribution in [0.5, 0.6) is 0 Å². The van der Waals surface area contributed by atoms with Gasteiger partial charge in [-0.2, -0.15) is 0 Å². The summed E-state index contributed by atoms with van der Waals surface area (Å²) in [6, 6.07) is 2.63. The molecular formula is C10H9ClFN. The predicted molar refractivity (Wildman–Crippen MR) is 53.1 cm³/mol. The Morgan fingerprint density at radius 2 is 2.23 bits per heavy atom. The first-order valence-electron chi connectivity index (χ1n) is 3.75. The van der Waals surface area contributed by atoms with Crippen LogP contribution in [0.3, 0.4) is 0 Å². The molecule has 0 bridgehead atoms. The van der Waals surface area contributed by atoms with Crippen molar-refractivity contribution in [1.82, 2.24) is 0 Å². The molecule has 0 radical (unpaired) electrons. The largest absolute Gasteiger partial charge is 0.398 e. The third-order valence-corrected chi connectivity index (χ3v) is 1.84. The third kappa shape index (κ3) is 2.37. The standard InChI is InChI=1S/C10H9ClFN/c1-7-8(3-2-4-11)5-9(12)6-10(7)13/h5-6H,4,13H2,1H3. The van der Waals surface area contributed by atoms with E-state index in [2.05, 4.69) is 11.8 Å². The zero-order chi connectivity index (χ0) is 9.84. The third-order valence-electron chi connectivity index (χ3n) is 1.70. The van der Waals surface area contributed by atoms with E-state index in [1.165, 1.54) is 12.1 Å². The van der Waals surface area contributed by atoms with Crippen molar-refractivity contribution in [3.8, 4) is 11.8 Å². The molecule has 0 aliphatic rings. The van der Waals surface area contributed by atoms with E-state index in [1.54, 1.807) is 6.92 Å². The van der Waals surface area contributed by atoms with E-state index in [4.69, 9.17) is 17.3 Å². The van der Waals surface area contributed by atoms with E-state index in [0.717, 1.165) is 5.56 Å². The molecule has 0 aromatic heterocycles. The van der Waals surface area contributed by atoms with Crippen molar-refractivity contribution >= 4 is 17.3 Å². The van der Waals surface area contributed by atoms with Crippen LogP contribution in [-0.2, 0) is 0 Å². The van der Waals surface area contributed by atoms with Gasteiger partial charge in [-0.25, -0.2) is 4.39 Å². The fourth-order valence-corrected chi connectivity index (χ4v) is 1.03. The van der Waals surface area contributed by atoms with Gasteiger partial charge in [0.05, 0.1) is 5.88 Å². The molecule has 1 nitrogen and oxygen atoms in total. The summed E-state index contributed by atoms with van der Waals surface area (Å²) in [4.78, 5) is 0. The molecular weight excluding hydrogens is 189 g/mol. The van der Waals surface area contributed by atoms with E-state index in [-0.39, 0.29) is 11.7 Å². The van der Waals surface area contributed by atoms with Crippen molar-refractivity contribution in [3.05, 3.63) is 29.1 Å². The van der Waals surface area contributed by atoms with Gasteiger partial charge in [-0.05, 0) is 24.6 Å². The maximum Gasteiger partial charge on any atom is 0.126 e. The van der Waals surface area contributed by atoms with E-state index in [0.29, 0.717) is 11.3 Å². The summed E-state index contributed by atoms with van der Waals surface area (Å²) in [5, 5.41) is 0. The van der Waals surface area contributed by atoms with Gasteiger partial charge in [-0.1, -0.05) is 11.8 Å². The Labute approximate surface area is 81.7 Å². The summed E-state index contributed by atoms with van der Waals surface area (Å²) in [6.07, 6.45) is 0. The highest BCUT2D eigenvalue weighted by Gasteiger charge is 2.01. The van der Waals surface area contributed by atoms with Crippen LogP contribution in [-0.4, -0.2) is 5.88 Å². The van der Waals surface area contributed by atoms with Gasteiger partial charge >= 0.3 is 0 Å². The number of benzene rings is 1. The molecule has 0 aliphatic heterocycles. The Hall–Kier alpha value is -1.20. The Balaban J connectivity index is 3.20. The number of nitrogens with two attached hydrogens (primary N) is 1. The number of hydrogen-bond donors (Lipinski definition) is 1. The van der Waals surface area contributed by atoms with Crippen LogP contribution in [0.25, 0.3) is 0 Å². The number of anilines is 1. The molecule has 3 heteroatoms. The molecule has 0 atom stereocenters. The molecule has 0 fully saturated rings. The van der Waals surface area contributed by atoms with Gasteiger partial charge in [0.2, 0.25) is 0 Å². The molecule has 68 valence electrons. The molecule has 0 unspecified atom stereocenters. The first-order valence-corrected chi connectivity index (χ1v) is 4.29. The van der Waals surface area contributed by atoms with Crippen molar-refractivity contribution in [2.24, 2.45) is 0 Å². The average Bonchev–Trinajstić information content (AvgIpc) is 2.09. The Morgan fingerprint density at radius 3 is 2.85 bits per heavy atom. The lowest BCUT2D eigenvalue weighted by Gasteiger charge is -2.02. The maximum atomic E-state index is 12.9. The number of halogens is 2. The van der Waals surface area contributed by atoms with Crippen molar-refractivity contribution in [3.63, 3.8) is 0 Å². The van der Waals surface area contributed by atoms with Crippen molar-refractivity contribution in [2.75, 3.05) is 11.6 Å². The highest BCUT2D eigenvalue weighted by molar-refractivity contribution is 6.19. The highest BCUT2D eigenvalue weighted by Crippen LogP contribution is 2.16. The van der Waals surface area contributed by atoms with Crippen molar-refractivity contribution < 1.29 is 4.39 Å². The number of rotatable bonds is 0. The normalized spacial score (nSPS) is 9.15. The van der Waals surface area contributed by atoms with Gasteiger partial charge in [0.1, 0.15) is 5.82 Å². The van der Waals surface area contributed by atoms with Crippen LogP contribution in [0.2, 0.25) is 0 Å². The molecule has 0 amide bonds. The van der Waals surface area contributed by atoms with E-state index in [9.17, 15) is 4.39 Å². The number of nitrogen functional groups attached to an aromatic ring is 1. The maximum absolute atomic E-state index is 12.9. The lowest BCUT2D eigenvalue weighted by molar-refractivity contribution is 0.627. The molecule has 0 aliphatic carbocycles.